The zero-order valence-corrected chi connectivity index (χ0v) is 8.32. The van der Waals surface area contributed by atoms with Crippen LogP contribution in [0.15, 0.2) is 13.3 Å². The van der Waals surface area contributed by atoms with Gasteiger partial charge in [0, 0.05) is 37.4 Å². The van der Waals surface area contributed by atoms with Gasteiger partial charge in [-0.05, 0) is 6.42 Å². The molecular formula is C7H8IN3. The minimum atomic E-state index is -0.0826. The lowest BCUT2D eigenvalue weighted by Crippen LogP contribution is -1.89. The topological polar surface area (TPSA) is 30.2 Å². The monoisotopic (exact) mass is 261 g/mol. The molecule has 0 radical (unpaired) electrons. The standard InChI is InChI=1S/C7H8IN3/c1-2-6-5-7-9-8-3-4-11(7)10-6/h3-5H,2H2,1H3. The van der Waals surface area contributed by atoms with Gasteiger partial charge < -0.3 is 0 Å². The van der Waals surface area contributed by atoms with Crippen LogP contribution in [-0.2, 0) is 6.42 Å². The summed E-state index contributed by atoms with van der Waals surface area (Å²) in [5, 5.41) is 4.32. The van der Waals surface area contributed by atoms with Crippen LogP contribution < -0.4 is 0 Å². The Kier molecular flexibility index (Phi) is 1.85. The molecule has 0 aromatic carbocycles. The Morgan fingerprint density at radius 1 is 1.64 bits per heavy atom. The van der Waals surface area contributed by atoms with Crippen LogP contribution in [0.2, 0.25) is 0 Å². The van der Waals surface area contributed by atoms with E-state index in [0.29, 0.717) is 0 Å². The second kappa shape index (κ2) is 2.84. The summed E-state index contributed by atoms with van der Waals surface area (Å²) in [5.41, 5.74) is 1.12. The number of hydrogen-bond donors (Lipinski definition) is 0. The van der Waals surface area contributed by atoms with Gasteiger partial charge in [-0.15, -0.1) is 0 Å². The molecule has 1 aliphatic rings. The molecule has 0 atom stereocenters. The maximum Gasteiger partial charge on any atom is 0.160 e. The summed E-state index contributed by atoms with van der Waals surface area (Å²) in [6, 6.07) is 2.06. The highest BCUT2D eigenvalue weighted by Crippen LogP contribution is 2.25. The molecule has 11 heavy (non-hydrogen) atoms. The predicted molar refractivity (Wildman–Crippen MR) is 53.0 cm³/mol. The highest BCUT2D eigenvalue weighted by Gasteiger charge is 2.04. The third kappa shape index (κ3) is 1.26. The molecule has 0 saturated carbocycles. The van der Waals surface area contributed by atoms with Gasteiger partial charge in [0.1, 0.15) is 0 Å². The van der Waals surface area contributed by atoms with Gasteiger partial charge in [-0.3, -0.25) is 0 Å². The Bertz CT molecular complexity index is 295. The number of hydrogen-bond acceptors (Lipinski definition) is 2. The molecule has 0 aliphatic carbocycles. The van der Waals surface area contributed by atoms with Gasteiger partial charge in [0.15, 0.2) is 5.82 Å². The van der Waals surface area contributed by atoms with Crippen LogP contribution in [0.4, 0.5) is 5.82 Å². The Hall–Kier alpha value is -0.520. The maximum absolute atomic E-state index is 4.39. The lowest BCUT2D eigenvalue weighted by molar-refractivity contribution is 0.884. The first kappa shape index (κ1) is 7.15. The van der Waals surface area contributed by atoms with Crippen molar-refractivity contribution in [3.05, 3.63) is 15.8 Å². The van der Waals surface area contributed by atoms with Gasteiger partial charge in [-0.1, -0.05) is 6.92 Å². The molecule has 0 saturated heterocycles. The predicted octanol–water partition coefficient (Wildman–Crippen LogP) is 2.67. The third-order valence-corrected chi connectivity index (χ3v) is 2.93. The highest BCUT2D eigenvalue weighted by molar-refractivity contribution is 14.2. The fourth-order valence-corrected chi connectivity index (χ4v) is 2.19. The van der Waals surface area contributed by atoms with E-state index in [1.165, 1.54) is 0 Å². The van der Waals surface area contributed by atoms with Crippen molar-refractivity contribution in [1.82, 2.24) is 9.78 Å². The van der Waals surface area contributed by atoms with E-state index in [0.717, 1.165) is 17.9 Å². The summed E-state index contributed by atoms with van der Waals surface area (Å²) in [4.78, 5) is 0. The second-order valence-corrected chi connectivity index (χ2v) is 4.01. The number of aromatic nitrogens is 2. The number of nitrogens with zero attached hydrogens (tertiary/aromatic N) is 3. The minimum Gasteiger partial charge on any atom is -0.221 e. The normalized spacial score (nSPS) is 14.3. The molecule has 3 nitrogen and oxygen atoms in total. The van der Waals surface area contributed by atoms with E-state index in [1.54, 1.807) is 0 Å². The highest BCUT2D eigenvalue weighted by atomic mass is 127. The van der Waals surface area contributed by atoms with Crippen LogP contribution in [0.25, 0.3) is 6.20 Å². The quantitative estimate of drug-likeness (QED) is 0.715. The first-order chi connectivity index (χ1) is 5.40. The molecule has 4 heteroatoms. The first-order valence-electron chi connectivity index (χ1n) is 3.49. The second-order valence-electron chi connectivity index (χ2n) is 2.25. The zero-order valence-electron chi connectivity index (χ0n) is 6.16. The SMILES string of the molecule is CCc1cc2n(n1)C=CI=N2. The molecule has 2 rings (SSSR count). The largest absolute Gasteiger partial charge is 0.221 e. The van der Waals surface area contributed by atoms with E-state index in [9.17, 15) is 0 Å². The summed E-state index contributed by atoms with van der Waals surface area (Å²) >= 11 is -0.0826. The molecule has 0 bridgehead atoms. The first-order valence-corrected chi connectivity index (χ1v) is 5.70. The fourth-order valence-electron chi connectivity index (χ4n) is 0.936. The van der Waals surface area contributed by atoms with Gasteiger partial charge in [0.2, 0.25) is 0 Å². The molecule has 1 aromatic rings. The van der Waals surface area contributed by atoms with Crippen molar-refractivity contribution in [2.75, 3.05) is 0 Å². The molecule has 0 fully saturated rings. The van der Waals surface area contributed by atoms with E-state index < -0.39 is 0 Å². The molecule has 1 aliphatic heterocycles. The van der Waals surface area contributed by atoms with E-state index in [2.05, 4.69) is 25.3 Å². The number of rotatable bonds is 1. The lowest BCUT2D eigenvalue weighted by atomic mass is 10.3. The Morgan fingerprint density at radius 3 is 3.27 bits per heavy atom. The van der Waals surface area contributed by atoms with Gasteiger partial charge >= 0.3 is 0 Å². The van der Waals surface area contributed by atoms with Crippen molar-refractivity contribution in [1.29, 1.82) is 0 Å². The molecule has 0 amide bonds. The summed E-state index contributed by atoms with van der Waals surface area (Å²) in [6.45, 7) is 2.10. The Labute approximate surface area is 75.3 Å². The number of halogens is 1. The lowest BCUT2D eigenvalue weighted by Gasteiger charge is -1.96. The third-order valence-electron chi connectivity index (χ3n) is 1.52. The zero-order chi connectivity index (χ0) is 7.68. The van der Waals surface area contributed by atoms with Crippen LogP contribution in [0, 0.1) is 0 Å². The minimum absolute atomic E-state index is 0.0826. The number of fused-ring (bicyclic) bond motifs is 1. The van der Waals surface area contributed by atoms with Crippen LogP contribution in [0.3, 0.4) is 0 Å². The van der Waals surface area contributed by atoms with Gasteiger partial charge in [-0.2, -0.15) is 5.10 Å². The molecule has 0 spiro atoms. The maximum atomic E-state index is 4.39. The van der Waals surface area contributed by atoms with Crippen molar-refractivity contribution >= 4 is 33.1 Å². The molecule has 58 valence electrons. The summed E-state index contributed by atoms with van der Waals surface area (Å²) in [5.74, 6) is 1.03. The van der Waals surface area contributed by atoms with Crippen LogP contribution in [0.5, 0.6) is 0 Å². The Morgan fingerprint density at radius 2 is 2.55 bits per heavy atom. The molecular weight excluding hydrogens is 253 g/mol. The molecule has 0 N–H and O–H groups in total. The van der Waals surface area contributed by atoms with E-state index in [1.807, 2.05) is 10.9 Å². The van der Waals surface area contributed by atoms with Crippen LogP contribution in [-0.4, -0.2) is 9.78 Å². The van der Waals surface area contributed by atoms with Crippen LogP contribution in [0.1, 0.15) is 12.6 Å². The van der Waals surface area contributed by atoms with Crippen molar-refractivity contribution in [3.63, 3.8) is 0 Å². The van der Waals surface area contributed by atoms with E-state index in [-0.39, 0.29) is 21.0 Å². The van der Waals surface area contributed by atoms with Crippen molar-refractivity contribution in [2.24, 2.45) is 3.15 Å². The van der Waals surface area contributed by atoms with E-state index in [4.69, 9.17) is 0 Å². The summed E-state index contributed by atoms with van der Waals surface area (Å²) in [7, 11) is 0. The molecule has 1 aromatic heterocycles. The fraction of sp³-hybridized carbons (Fsp3) is 0.286. The van der Waals surface area contributed by atoms with Crippen molar-refractivity contribution in [2.45, 2.75) is 13.3 Å². The Balaban J connectivity index is 2.51. The summed E-state index contributed by atoms with van der Waals surface area (Å²) in [6.07, 6.45) is 3.00. The van der Waals surface area contributed by atoms with Crippen molar-refractivity contribution < 1.29 is 0 Å². The summed E-state index contributed by atoms with van der Waals surface area (Å²) < 4.78 is 8.34. The molecule has 2 heterocycles. The smallest absolute Gasteiger partial charge is 0.160 e. The van der Waals surface area contributed by atoms with Gasteiger partial charge in [0.05, 0.1) is 5.69 Å². The van der Waals surface area contributed by atoms with Gasteiger partial charge in [0.25, 0.3) is 0 Å². The number of aryl methyl sites for hydroxylation is 1. The average molecular weight is 261 g/mol. The van der Waals surface area contributed by atoms with E-state index >= 15 is 0 Å². The average Bonchev–Trinajstić information content (AvgIpc) is 2.46. The van der Waals surface area contributed by atoms with Crippen LogP contribution >= 0.6 is 21.0 Å². The molecule has 0 unspecified atom stereocenters. The van der Waals surface area contributed by atoms with Gasteiger partial charge in [-0.25, -0.2) is 7.83 Å². The van der Waals surface area contributed by atoms with Crippen molar-refractivity contribution in [3.8, 4) is 0 Å².